The van der Waals surface area contributed by atoms with Gasteiger partial charge in [0.05, 0.1) is 48.8 Å². The minimum atomic E-state index is -1.76. The van der Waals surface area contributed by atoms with Gasteiger partial charge in [0, 0.05) is 13.1 Å². The molecule has 8 rings (SSSR count). The normalized spacial score (nSPS) is 23.4. The van der Waals surface area contributed by atoms with Crippen LogP contribution in [-0.2, 0) is 41.2 Å². The topological polar surface area (TPSA) is 225 Å². The van der Waals surface area contributed by atoms with Gasteiger partial charge >= 0.3 is 33.5 Å². The van der Waals surface area contributed by atoms with Crippen LogP contribution in [0.4, 0.5) is 9.59 Å². The average Bonchev–Trinajstić information content (AvgIpc) is 1.34. The van der Waals surface area contributed by atoms with Gasteiger partial charge in [0.15, 0.2) is 0 Å². The van der Waals surface area contributed by atoms with E-state index < -0.39 is 45.4 Å². The van der Waals surface area contributed by atoms with Crippen molar-refractivity contribution in [3.05, 3.63) is 117 Å². The van der Waals surface area contributed by atoms with Gasteiger partial charge in [-0.15, -0.1) is 0 Å². The largest absolute Gasteiger partial charge is 0.482 e. The predicted molar refractivity (Wildman–Crippen MR) is 339 cm³/mol. The quantitative estimate of drug-likeness (QED) is 0.0525. The zero-order chi connectivity index (χ0) is 63.0. The van der Waals surface area contributed by atoms with E-state index in [0.29, 0.717) is 50.0 Å². The molecule has 2 aromatic rings. The highest BCUT2D eigenvalue weighted by Gasteiger charge is 2.68. The number of carbonyl (C=O) groups is 4. The van der Waals surface area contributed by atoms with Crippen molar-refractivity contribution in [1.29, 1.82) is 0 Å². The molecule has 0 aromatic heterocycles. The highest BCUT2D eigenvalue weighted by molar-refractivity contribution is 6.48. The molecule has 18 nitrogen and oxygen atoms in total. The van der Waals surface area contributed by atoms with Crippen LogP contribution in [0.15, 0.2) is 72.1 Å². The van der Waals surface area contributed by atoms with Crippen molar-refractivity contribution in [1.82, 2.24) is 20.4 Å². The second-order valence-electron chi connectivity index (χ2n) is 27.5. The van der Waals surface area contributed by atoms with Gasteiger partial charge in [-0.2, -0.15) is 0 Å². The fraction of sp³-hybridized carbons (Fsp3) is 0.662. The van der Waals surface area contributed by atoms with Crippen molar-refractivity contribution < 1.29 is 58.1 Å². The van der Waals surface area contributed by atoms with Crippen molar-refractivity contribution in [2.45, 2.75) is 216 Å². The molecule has 21 heteroatoms. The average molecular weight is 1190 g/mol. The maximum atomic E-state index is 13.5. The summed E-state index contributed by atoms with van der Waals surface area (Å²) in [5.41, 5.74) is 3.61. The van der Waals surface area contributed by atoms with Gasteiger partial charge in [-0.1, -0.05) is 174 Å². The van der Waals surface area contributed by atoms with E-state index in [0.717, 1.165) is 74.5 Å². The predicted octanol–water partition coefficient (Wildman–Crippen LogP) is 10.5. The lowest BCUT2D eigenvalue weighted by Crippen LogP contribution is -2.65. The SMILES string of the molecule is C.CC(C)CB(O)O.[C-]#[N+]C(=CC(C)(C)C)C(=O)N1CCCCC[C@@H]1COC(=O)N[C@@H](Cc1ccc(C)cc1)B(O)O.[C-]#[N+]C(=CC(C)(C)C)C(=O)N1CCCCC[C@@H]1COC(=O)N[C@@H](Cc1ccc(C)cc1)B1O[C@@H]2C[C@@H]3C[C@@H](C3(C)C)[C@]2(C)O1. The maximum Gasteiger partial charge on any atom is 0.482 e. The number of allylic oxidation sites excluding steroid dienone is 2. The molecule has 4 amide bonds. The van der Waals surface area contributed by atoms with Crippen LogP contribution in [0, 0.1) is 61.0 Å². The van der Waals surface area contributed by atoms with Crippen LogP contribution < -0.4 is 10.6 Å². The highest BCUT2D eigenvalue weighted by atomic mass is 16.7. The number of ether oxygens (including phenoxy) is 2. The van der Waals surface area contributed by atoms with Crippen molar-refractivity contribution in [3.63, 3.8) is 0 Å². The van der Waals surface area contributed by atoms with E-state index in [4.69, 9.17) is 42.0 Å². The smallest absolute Gasteiger partial charge is 0.447 e. The fourth-order valence-electron chi connectivity index (χ4n) is 12.3. The third kappa shape index (κ3) is 21.6. The summed E-state index contributed by atoms with van der Waals surface area (Å²) in [5, 5.41) is 41.6. The third-order valence-electron chi connectivity index (χ3n) is 17.0. The van der Waals surface area contributed by atoms with Gasteiger partial charge in [-0.3, -0.25) is 9.59 Å². The highest BCUT2D eigenvalue weighted by Crippen LogP contribution is 2.65. The van der Waals surface area contributed by atoms with Crippen LogP contribution in [0.3, 0.4) is 0 Å². The van der Waals surface area contributed by atoms with Crippen molar-refractivity contribution in [2.24, 2.45) is 34.0 Å². The van der Waals surface area contributed by atoms with Gasteiger partial charge < -0.3 is 59.3 Å². The fourth-order valence-corrected chi connectivity index (χ4v) is 12.3. The van der Waals surface area contributed by atoms with E-state index in [1.165, 1.54) is 5.56 Å². The molecule has 8 atom stereocenters. The van der Waals surface area contributed by atoms with Crippen LogP contribution in [0.5, 0.6) is 0 Å². The number of nitrogens with one attached hydrogen (secondary N) is 2. The molecule has 6 fully saturated rings. The van der Waals surface area contributed by atoms with E-state index in [-0.39, 0.29) is 90.3 Å². The Bertz CT molecular complexity index is 2670. The Kier molecular flexibility index (Phi) is 27.5. The molecule has 86 heavy (non-hydrogen) atoms. The summed E-state index contributed by atoms with van der Waals surface area (Å²) in [7, 11) is -3.47. The molecule has 2 bridgehead atoms. The molecule has 0 unspecified atom stereocenters. The van der Waals surface area contributed by atoms with Crippen LogP contribution in [0.1, 0.15) is 170 Å². The Balaban J connectivity index is 0.000000337. The first kappa shape index (κ1) is 72.8. The standard InChI is InChI=1S/C35H50BN3O5.C25H36BN3O5.C4H11BO2.CH4/c1-23-13-15-24(16-14-23)18-30(36-43-29-20-25-19-28(34(25,5)6)35(29,7)44-36)38-32(41)42-22-26-12-10-9-11-17-39(26)31(40)27(37-8)21-33(2,3)4;1-18-10-12-19(13-11-18)15-22(26(32)33)28-24(31)34-17-20-9-7-6-8-14-29(20)23(30)21(27-5)16-25(2,3)4;1-4(2)3-5(6)7;/h13-16,21,25-26,28-30H,9-12,17-20,22H2,1-7H3,(H,38,41);10-13,16,20,22,32-33H,6-9,14-15,17H2,1-4H3,(H,28,31);4,6-7H,3H2,1-2H3;1H4/t25-,26+,28-,29+,30-,35-;20-,22+;;/m01../s1. The first-order chi connectivity index (χ1) is 39.8. The Hall–Kier alpha value is -5.67. The molecule has 3 saturated heterocycles. The number of hydrogen-bond acceptors (Lipinski definition) is 12. The Morgan fingerprint density at radius 2 is 1.17 bits per heavy atom. The number of likely N-dealkylation sites (tertiary alicyclic amines) is 2. The zero-order valence-corrected chi connectivity index (χ0v) is 53.0. The van der Waals surface area contributed by atoms with Gasteiger partial charge in [0.25, 0.3) is 11.8 Å². The zero-order valence-electron chi connectivity index (χ0n) is 53.0. The lowest BCUT2D eigenvalue weighted by molar-refractivity contribution is -0.199. The van der Waals surface area contributed by atoms with Crippen LogP contribution >= 0.6 is 0 Å². The molecule has 472 valence electrons. The second kappa shape index (κ2) is 32.5. The maximum absolute atomic E-state index is 13.5. The lowest BCUT2D eigenvalue weighted by atomic mass is 9.43. The van der Waals surface area contributed by atoms with Gasteiger partial charge in [0.2, 0.25) is 11.4 Å². The van der Waals surface area contributed by atoms with E-state index in [1.54, 1.807) is 22.0 Å². The molecule has 3 aliphatic heterocycles. The van der Waals surface area contributed by atoms with Gasteiger partial charge in [-0.25, -0.2) is 19.3 Å². The minimum absolute atomic E-state index is 0. The van der Waals surface area contributed by atoms with E-state index in [1.807, 2.05) is 86.6 Å². The molecule has 6 N–H and O–H groups in total. The number of hydrogen-bond donors (Lipinski definition) is 6. The van der Waals surface area contributed by atoms with Crippen LogP contribution in [0.25, 0.3) is 9.69 Å². The Morgan fingerprint density at radius 1 is 0.721 bits per heavy atom. The summed E-state index contributed by atoms with van der Waals surface area (Å²) in [6.07, 6.45) is 12.3. The number of rotatable bonds is 16. The van der Waals surface area contributed by atoms with E-state index in [9.17, 15) is 29.2 Å². The number of aryl methyl sites for hydroxylation is 2. The van der Waals surface area contributed by atoms with E-state index in [2.05, 4.69) is 72.3 Å². The summed E-state index contributed by atoms with van der Waals surface area (Å²) < 4.78 is 24.6. The van der Waals surface area contributed by atoms with Crippen LogP contribution in [0.2, 0.25) is 6.32 Å². The molecular formula is C65H101B3N6O12. The number of nitrogens with zero attached hydrogens (tertiary/aromatic N) is 4. The second-order valence-corrected chi connectivity index (χ2v) is 27.5. The lowest BCUT2D eigenvalue weighted by Gasteiger charge is -2.64. The van der Waals surface area contributed by atoms with Crippen molar-refractivity contribution in [2.75, 3.05) is 26.3 Å². The summed E-state index contributed by atoms with van der Waals surface area (Å²) >= 11 is 0. The van der Waals surface area contributed by atoms with Gasteiger partial charge in [0.1, 0.15) is 13.2 Å². The van der Waals surface area contributed by atoms with Crippen molar-refractivity contribution >= 4 is 45.4 Å². The molecule has 2 aromatic carbocycles. The summed E-state index contributed by atoms with van der Waals surface area (Å²) in [5.74, 6) is -0.582. The molecule has 3 saturated carbocycles. The monoisotopic (exact) mass is 1190 g/mol. The summed E-state index contributed by atoms with van der Waals surface area (Å²) in [6.45, 7) is 42.7. The number of carbonyl (C=O) groups excluding carboxylic acids is 4. The van der Waals surface area contributed by atoms with Crippen LogP contribution in [-0.4, -0.2) is 137 Å². The number of alkyl carbamates (subject to hydrolysis) is 2. The number of amides is 4. The summed E-state index contributed by atoms with van der Waals surface area (Å²) in [4.78, 5) is 62.9. The molecule has 6 aliphatic rings. The third-order valence-corrected chi connectivity index (χ3v) is 17.0. The number of benzene rings is 2. The minimum Gasteiger partial charge on any atom is -0.447 e. The molecule has 3 heterocycles. The first-order valence-electron chi connectivity index (χ1n) is 30.7. The molecule has 0 radical (unpaired) electrons. The van der Waals surface area contributed by atoms with E-state index >= 15 is 0 Å². The van der Waals surface area contributed by atoms with Gasteiger partial charge in [-0.05, 0) is 124 Å². The molecular weight excluding hydrogens is 1090 g/mol. The Morgan fingerprint density at radius 3 is 1.57 bits per heavy atom. The molecule has 0 spiro atoms. The first-order valence-corrected chi connectivity index (χ1v) is 30.7. The Labute approximate surface area is 515 Å². The summed E-state index contributed by atoms with van der Waals surface area (Å²) in [6, 6.07) is 15.2. The molecule has 3 aliphatic carbocycles. The van der Waals surface area contributed by atoms with Crippen molar-refractivity contribution in [3.8, 4) is 0 Å².